The smallest absolute Gasteiger partial charge is 0.407 e. The van der Waals surface area contributed by atoms with Crippen LogP contribution in [-0.2, 0) is 16.6 Å². The summed E-state index contributed by atoms with van der Waals surface area (Å²) in [4.78, 5) is 49.5. The minimum atomic E-state index is -1.17. The number of rotatable bonds is 10. The molecule has 2 amide bonds. The fourth-order valence-corrected chi connectivity index (χ4v) is 4.45. The molecular formula is C26H42N4O5. The topological polar surface area (TPSA) is 124 Å². The Morgan fingerprint density at radius 3 is 2.37 bits per heavy atom. The summed E-state index contributed by atoms with van der Waals surface area (Å²) in [6.45, 7) is 12.6. The Bertz CT molecular complexity index is 874. The molecule has 1 saturated heterocycles. The van der Waals surface area contributed by atoms with Crippen LogP contribution in [0.2, 0.25) is 0 Å². The largest absolute Gasteiger partial charge is 0.481 e. The Morgan fingerprint density at radius 2 is 1.83 bits per heavy atom. The van der Waals surface area contributed by atoms with Crippen LogP contribution >= 0.6 is 0 Å². The van der Waals surface area contributed by atoms with Gasteiger partial charge in [0, 0.05) is 31.2 Å². The highest BCUT2D eigenvalue weighted by Gasteiger charge is 2.39. The van der Waals surface area contributed by atoms with Gasteiger partial charge in [-0.1, -0.05) is 60.8 Å². The molecule has 2 N–H and O–H groups in total. The van der Waals surface area contributed by atoms with Crippen molar-refractivity contribution in [3.05, 3.63) is 23.3 Å². The molecule has 2 atom stereocenters. The molecule has 1 aromatic heterocycles. The molecule has 2 rings (SSSR count). The first-order valence-corrected chi connectivity index (χ1v) is 12.7. The molecule has 1 aromatic rings. The fraction of sp³-hybridized carbons (Fsp3) is 0.731. The molecule has 0 bridgehead atoms. The van der Waals surface area contributed by atoms with Crippen LogP contribution in [0, 0.1) is 11.8 Å². The predicted molar refractivity (Wildman–Crippen MR) is 134 cm³/mol. The number of aliphatic carboxylic acids is 1. The Balaban J connectivity index is 2.45. The highest BCUT2D eigenvalue weighted by molar-refractivity contribution is 5.95. The van der Waals surface area contributed by atoms with Gasteiger partial charge in [-0.25, -0.2) is 14.8 Å². The molecule has 2 unspecified atom stereocenters. The highest BCUT2D eigenvalue weighted by Crippen LogP contribution is 2.26. The number of piperidine rings is 1. The van der Waals surface area contributed by atoms with Gasteiger partial charge in [-0.2, -0.15) is 0 Å². The van der Waals surface area contributed by atoms with Crippen LogP contribution in [0.15, 0.2) is 6.20 Å². The van der Waals surface area contributed by atoms with Gasteiger partial charge in [-0.15, -0.1) is 0 Å². The lowest BCUT2D eigenvalue weighted by Gasteiger charge is -2.41. The maximum absolute atomic E-state index is 13.9. The van der Waals surface area contributed by atoms with E-state index in [2.05, 4.69) is 11.9 Å². The molecule has 196 valence electrons. The molecule has 1 fully saturated rings. The summed E-state index contributed by atoms with van der Waals surface area (Å²) in [6, 6.07) is -0.536. The van der Waals surface area contributed by atoms with Crippen molar-refractivity contribution in [2.45, 2.75) is 91.5 Å². The third-order valence-electron chi connectivity index (χ3n) is 6.35. The van der Waals surface area contributed by atoms with E-state index in [-0.39, 0.29) is 36.8 Å². The zero-order chi connectivity index (χ0) is 26.3. The molecule has 1 aliphatic rings. The molecule has 0 spiro atoms. The van der Waals surface area contributed by atoms with Gasteiger partial charge < -0.3 is 20.0 Å². The van der Waals surface area contributed by atoms with Gasteiger partial charge in [0.25, 0.3) is 5.91 Å². The second-order valence-corrected chi connectivity index (χ2v) is 11.1. The first-order valence-electron chi connectivity index (χ1n) is 12.7. The molecule has 0 saturated carbocycles. The number of aromatic nitrogens is 2. The van der Waals surface area contributed by atoms with Crippen LogP contribution in [0.4, 0.5) is 4.79 Å². The van der Waals surface area contributed by atoms with Crippen molar-refractivity contribution in [2.24, 2.45) is 11.8 Å². The van der Waals surface area contributed by atoms with E-state index in [1.807, 2.05) is 34.6 Å². The Labute approximate surface area is 208 Å². The van der Waals surface area contributed by atoms with Gasteiger partial charge in [0.1, 0.15) is 5.82 Å². The second kappa shape index (κ2) is 12.3. The average molecular weight is 491 g/mol. The zero-order valence-corrected chi connectivity index (χ0v) is 22.1. The van der Waals surface area contributed by atoms with Gasteiger partial charge in [0.05, 0.1) is 23.2 Å². The van der Waals surface area contributed by atoms with Crippen molar-refractivity contribution in [2.75, 3.05) is 19.6 Å². The first kappa shape index (κ1) is 28.5. The summed E-state index contributed by atoms with van der Waals surface area (Å²) in [6.07, 6.45) is 5.48. The lowest BCUT2D eigenvalue weighted by Crippen LogP contribution is -2.56. The number of aryl methyl sites for hydroxylation is 1. The van der Waals surface area contributed by atoms with Crippen molar-refractivity contribution in [3.8, 4) is 0 Å². The van der Waals surface area contributed by atoms with E-state index in [1.165, 1.54) is 0 Å². The van der Waals surface area contributed by atoms with E-state index in [1.54, 1.807) is 11.1 Å². The number of nitrogens with zero attached hydrogens (tertiary/aromatic N) is 4. The number of carboxylic acids is 1. The lowest BCUT2D eigenvalue weighted by atomic mass is 9.92. The normalized spacial score (nSPS) is 18.5. The Kier molecular flexibility index (Phi) is 10.0. The molecular weight excluding hydrogens is 448 g/mol. The number of hydrogen-bond acceptors (Lipinski definition) is 5. The third kappa shape index (κ3) is 7.90. The monoisotopic (exact) mass is 490 g/mol. The number of carbonyl (C=O) groups excluding carboxylic acids is 1. The first-order chi connectivity index (χ1) is 16.3. The number of carboxylic acid groups (broad SMARTS) is 2. The van der Waals surface area contributed by atoms with Gasteiger partial charge in [0.2, 0.25) is 0 Å². The third-order valence-corrected chi connectivity index (χ3v) is 6.35. The van der Waals surface area contributed by atoms with Crippen LogP contribution in [0.3, 0.4) is 0 Å². The van der Waals surface area contributed by atoms with E-state index in [0.29, 0.717) is 30.0 Å². The van der Waals surface area contributed by atoms with Crippen molar-refractivity contribution >= 4 is 18.0 Å². The lowest BCUT2D eigenvalue weighted by molar-refractivity contribution is -0.144. The van der Waals surface area contributed by atoms with E-state index < -0.39 is 24.0 Å². The van der Waals surface area contributed by atoms with E-state index in [9.17, 15) is 24.6 Å². The van der Waals surface area contributed by atoms with Gasteiger partial charge in [-0.3, -0.25) is 9.59 Å². The maximum Gasteiger partial charge on any atom is 0.407 e. The summed E-state index contributed by atoms with van der Waals surface area (Å²) in [7, 11) is 0. The van der Waals surface area contributed by atoms with Crippen LogP contribution in [0.1, 0.15) is 95.5 Å². The molecule has 35 heavy (non-hydrogen) atoms. The van der Waals surface area contributed by atoms with Gasteiger partial charge in [0.15, 0.2) is 0 Å². The minimum absolute atomic E-state index is 0.0725. The van der Waals surface area contributed by atoms with Crippen LogP contribution in [0.5, 0.6) is 0 Å². The summed E-state index contributed by atoms with van der Waals surface area (Å²) >= 11 is 0. The summed E-state index contributed by atoms with van der Waals surface area (Å²) < 4.78 is 0. The number of hydrogen-bond donors (Lipinski definition) is 2. The molecule has 0 radical (unpaired) electrons. The van der Waals surface area contributed by atoms with Crippen LogP contribution in [0.25, 0.3) is 0 Å². The van der Waals surface area contributed by atoms with Crippen molar-refractivity contribution in [3.63, 3.8) is 0 Å². The maximum atomic E-state index is 13.9. The zero-order valence-electron chi connectivity index (χ0n) is 22.1. The number of unbranched alkanes of at least 4 members (excludes halogenated alkanes) is 3. The van der Waals surface area contributed by atoms with Gasteiger partial charge >= 0.3 is 12.1 Å². The summed E-state index contributed by atoms with van der Waals surface area (Å²) in [5.41, 5.74) is 0.868. The van der Waals surface area contributed by atoms with Crippen molar-refractivity contribution in [1.29, 1.82) is 0 Å². The summed E-state index contributed by atoms with van der Waals surface area (Å²) in [5, 5.41) is 19.2. The molecule has 9 heteroatoms. The Hall–Kier alpha value is -2.71. The average Bonchev–Trinajstić information content (AvgIpc) is 2.78. The SMILES string of the molecule is CCCCCCc1nc(C(C)(C)C)ncc1C(=O)N(CC(C)C)C1CC(C(=O)O)CN(C(=O)O)C1. The minimum Gasteiger partial charge on any atom is -0.481 e. The number of amides is 2. The molecule has 0 aromatic carbocycles. The van der Waals surface area contributed by atoms with E-state index >= 15 is 0 Å². The molecule has 0 aliphatic carbocycles. The Morgan fingerprint density at radius 1 is 1.14 bits per heavy atom. The van der Waals surface area contributed by atoms with Gasteiger partial charge in [-0.05, 0) is 25.2 Å². The standard InChI is InChI=1S/C26H42N4O5/c1-7-8-9-10-11-21-20(13-27-24(28-21)26(4,5)6)22(31)30(14-17(2)3)19-12-18(23(32)33)15-29(16-19)25(34)35/h13,17-19H,7-12,14-16H2,1-6H3,(H,32,33)(H,34,35). The highest BCUT2D eigenvalue weighted by atomic mass is 16.4. The van der Waals surface area contributed by atoms with E-state index in [0.717, 1.165) is 30.6 Å². The fourth-order valence-electron chi connectivity index (χ4n) is 4.45. The van der Waals surface area contributed by atoms with E-state index in [4.69, 9.17) is 4.98 Å². The van der Waals surface area contributed by atoms with Crippen molar-refractivity contribution < 1.29 is 24.6 Å². The summed E-state index contributed by atoms with van der Waals surface area (Å²) in [5.74, 6) is -1.38. The molecule has 1 aliphatic heterocycles. The van der Waals surface area contributed by atoms with Crippen LogP contribution in [-0.4, -0.2) is 73.6 Å². The number of likely N-dealkylation sites (tertiary alicyclic amines) is 1. The quantitative estimate of drug-likeness (QED) is 0.464. The number of carbonyl (C=O) groups is 3. The van der Waals surface area contributed by atoms with Crippen LogP contribution < -0.4 is 0 Å². The molecule has 9 nitrogen and oxygen atoms in total. The molecule has 2 heterocycles. The predicted octanol–water partition coefficient (Wildman–Crippen LogP) is 4.45. The van der Waals surface area contributed by atoms with Crippen molar-refractivity contribution in [1.82, 2.24) is 19.8 Å². The second-order valence-electron chi connectivity index (χ2n) is 11.1.